The Bertz CT molecular complexity index is 575. The number of carbonyl (C=O) groups excluding carboxylic acids is 1. The van der Waals surface area contributed by atoms with Gasteiger partial charge in [0, 0.05) is 0 Å². The summed E-state index contributed by atoms with van der Waals surface area (Å²) in [4.78, 5) is 15.6. The van der Waals surface area contributed by atoms with Crippen molar-refractivity contribution in [3.05, 3.63) is 35.7 Å². The van der Waals surface area contributed by atoms with E-state index in [2.05, 4.69) is 34.3 Å². The number of carbonyl (C=O) groups is 1. The molecule has 1 amide bonds. The molecule has 0 saturated heterocycles. The second kappa shape index (κ2) is 6.18. The third-order valence-corrected chi connectivity index (χ3v) is 2.77. The largest absolute Gasteiger partial charge is 0.484 e. The molecule has 0 aliphatic heterocycles. The van der Waals surface area contributed by atoms with E-state index in [4.69, 9.17) is 4.74 Å². The van der Waals surface area contributed by atoms with Crippen molar-refractivity contribution in [1.29, 1.82) is 0 Å². The zero-order chi connectivity index (χ0) is 14.5. The molecule has 2 rings (SSSR count). The number of aryl methyl sites for hydroxylation is 1. The van der Waals surface area contributed by atoms with E-state index in [1.54, 1.807) is 6.92 Å². The lowest BCUT2D eigenvalue weighted by Gasteiger charge is -2.08. The number of ether oxygens (including phenoxy) is 1. The Morgan fingerprint density at radius 1 is 1.35 bits per heavy atom. The Labute approximate surface area is 117 Å². The van der Waals surface area contributed by atoms with Gasteiger partial charge in [-0.1, -0.05) is 26.0 Å². The minimum atomic E-state index is -0.295. The maximum absolute atomic E-state index is 11.6. The molecule has 1 aromatic heterocycles. The van der Waals surface area contributed by atoms with E-state index in [1.165, 1.54) is 5.56 Å². The number of nitrogens with zero attached hydrogens (tertiary/aromatic N) is 2. The van der Waals surface area contributed by atoms with E-state index >= 15 is 0 Å². The van der Waals surface area contributed by atoms with E-state index in [1.807, 2.05) is 24.3 Å². The molecule has 0 unspecified atom stereocenters. The predicted molar refractivity (Wildman–Crippen MR) is 75.8 cm³/mol. The fourth-order valence-electron chi connectivity index (χ4n) is 1.66. The normalized spacial score (nSPS) is 10.6. The molecule has 6 heteroatoms. The van der Waals surface area contributed by atoms with Crippen molar-refractivity contribution in [2.45, 2.75) is 26.7 Å². The van der Waals surface area contributed by atoms with E-state index in [0.29, 0.717) is 17.5 Å². The number of rotatable bonds is 5. The predicted octanol–water partition coefficient (Wildman–Crippen LogP) is 2.25. The summed E-state index contributed by atoms with van der Waals surface area (Å²) in [5.74, 6) is 1.74. The quantitative estimate of drug-likeness (QED) is 0.876. The van der Waals surface area contributed by atoms with Crippen LogP contribution in [0.5, 0.6) is 5.75 Å². The lowest BCUT2D eigenvalue weighted by Crippen LogP contribution is -2.20. The van der Waals surface area contributed by atoms with Gasteiger partial charge in [-0.3, -0.25) is 15.2 Å². The summed E-state index contributed by atoms with van der Waals surface area (Å²) in [5.41, 5.74) is 1.23. The molecular formula is C14H18N4O2. The van der Waals surface area contributed by atoms with Gasteiger partial charge in [0.05, 0.1) is 0 Å². The van der Waals surface area contributed by atoms with Gasteiger partial charge in [-0.25, -0.2) is 0 Å². The van der Waals surface area contributed by atoms with Gasteiger partial charge < -0.3 is 4.74 Å². The first-order valence-corrected chi connectivity index (χ1v) is 6.46. The molecule has 2 N–H and O–H groups in total. The molecule has 2 aromatic rings. The molecule has 0 aliphatic rings. The Balaban J connectivity index is 1.83. The molecule has 0 atom stereocenters. The monoisotopic (exact) mass is 274 g/mol. The molecule has 20 heavy (non-hydrogen) atoms. The van der Waals surface area contributed by atoms with Crippen LogP contribution in [0.25, 0.3) is 0 Å². The first kappa shape index (κ1) is 14.0. The van der Waals surface area contributed by atoms with E-state index < -0.39 is 0 Å². The van der Waals surface area contributed by atoms with Crippen LogP contribution in [-0.2, 0) is 4.79 Å². The first-order valence-electron chi connectivity index (χ1n) is 6.46. The van der Waals surface area contributed by atoms with Crippen LogP contribution in [0.3, 0.4) is 0 Å². The highest BCUT2D eigenvalue weighted by Crippen LogP contribution is 2.18. The van der Waals surface area contributed by atoms with Gasteiger partial charge in [0.2, 0.25) is 5.95 Å². The summed E-state index contributed by atoms with van der Waals surface area (Å²) >= 11 is 0. The standard InChI is InChI=1S/C14H18N4O2/c1-9(2)11-4-6-12(7-5-11)20-8-13(19)16-14-15-10(3)17-18-14/h4-7,9H,8H2,1-3H3,(H2,15,16,17,18,19). The zero-order valence-electron chi connectivity index (χ0n) is 11.8. The van der Waals surface area contributed by atoms with Crippen LogP contribution in [0.4, 0.5) is 5.95 Å². The maximum Gasteiger partial charge on any atom is 0.264 e. The molecule has 0 fully saturated rings. The third-order valence-electron chi connectivity index (χ3n) is 2.77. The Morgan fingerprint density at radius 2 is 2.05 bits per heavy atom. The number of benzene rings is 1. The number of anilines is 1. The molecule has 0 saturated carbocycles. The fraction of sp³-hybridized carbons (Fsp3) is 0.357. The van der Waals surface area contributed by atoms with Gasteiger partial charge in [-0.05, 0) is 30.5 Å². The van der Waals surface area contributed by atoms with Gasteiger partial charge in [-0.15, -0.1) is 5.10 Å². The zero-order valence-corrected chi connectivity index (χ0v) is 11.8. The van der Waals surface area contributed by atoms with Crippen LogP contribution in [0, 0.1) is 6.92 Å². The molecule has 1 heterocycles. The van der Waals surface area contributed by atoms with E-state index in [9.17, 15) is 4.79 Å². The Kier molecular flexibility index (Phi) is 4.34. The Morgan fingerprint density at radius 3 is 2.60 bits per heavy atom. The van der Waals surface area contributed by atoms with Crippen molar-refractivity contribution >= 4 is 11.9 Å². The van der Waals surface area contributed by atoms with Crippen molar-refractivity contribution in [2.24, 2.45) is 0 Å². The topological polar surface area (TPSA) is 79.9 Å². The van der Waals surface area contributed by atoms with Gasteiger partial charge >= 0.3 is 0 Å². The molecule has 0 spiro atoms. The van der Waals surface area contributed by atoms with Crippen LogP contribution < -0.4 is 10.1 Å². The van der Waals surface area contributed by atoms with Crippen LogP contribution in [-0.4, -0.2) is 27.7 Å². The molecule has 0 radical (unpaired) electrons. The summed E-state index contributed by atoms with van der Waals surface area (Å²) in [6, 6.07) is 7.71. The number of hydrogen-bond acceptors (Lipinski definition) is 4. The van der Waals surface area contributed by atoms with Crippen molar-refractivity contribution < 1.29 is 9.53 Å². The summed E-state index contributed by atoms with van der Waals surface area (Å²) in [6.45, 7) is 5.94. The van der Waals surface area contributed by atoms with Crippen LogP contribution in [0.1, 0.15) is 31.2 Å². The van der Waals surface area contributed by atoms with E-state index in [0.717, 1.165) is 0 Å². The van der Waals surface area contributed by atoms with Crippen LogP contribution in [0.2, 0.25) is 0 Å². The van der Waals surface area contributed by atoms with Crippen LogP contribution >= 0.6 is 0 Å². The first-order chi connectivity index (χ1) is 9.54. The number of H-pyrrole nitrogens is 1. The summed E-state index contributed by atoms with van der Waals surface area (Å²) < 4.78 is 5.40. The molecule has 106 valence electrons. The smallest absolute Gasteiger partial charge is 0.264 e. The number of aromatic amines is 1. The summed E-state index contributed by atoms with van der Waals surface area (Å²) in [6.07, 6.45) is 0. The highest BCUT2D eigenvalue weighted by Gasteiger charge is 2.07. The fourth-order valence-corrected chi connectivity index (χ4v) is 1.66. The number of aromatic nitrogens is 3. The van der Waals surface area contributed by atoms with Crippen molar-refractivity contribution in [2.75, 3.05) is 11.9 Å². The average molecular weight is 274 g/mol. The number of nitrogens with one attached hydrogen (secondary N) is 2. The number of amides is 1. The van der Waals surface area contributed by atoms with Crippen LogP contribution in [0.15, 0.2) is 24.3 Å². The van der Waals surface area contributed by atoms with Crippen molar-refractivity contribution in [3.8, 4) is 5.75 Å². The van der Waals surface area contributed by atoms with Gasteiger partial charge in [0.15, 0.2) is 6.61 Å². The molecular weight excluding hydrogens is 256 g/mol. The minimum absolute atomic E-state index is 0.0748. The molecule has 0 aliphatic carbocycles. The van der Waals surface area contributed by atoms with Crippen molar-refractivity contribution in [3.63, 3.8) is 0 Å². The summed E-state index contributed by atoms with van der Waals surface area (Å²) in [5, 5.41) is 9.01. The second-order valence-electron chi connectivity index (χ2n) is 4.81. The minimum Gasteiger partial charge on any atom is -0.484 e. The summed E-state index contributed by atoms with van der Waals surface area (Å²) in [7, 11) is 0. The maximum atomic E-state index is 11.6. The van der Waals surface area contributed by atoms with Crippen molar-refractivity contribution in [1.82, 2.24) is 15.2 Å². The SMILES string of the molecule is Cc1nc(NC(=O)COc2ccc(C(C)C)cc2)n[nH]1. The average Bonchev–Trinajstić information content (AvgIpc) is 2.82. The lowest BCUT2D eigenvalue weighted by atomic mass is 10.0. The highest BCUT2D eigenvalue weighted by atomic mass is 16.5. The Hall–Kier alpha value is -2.37. The van der Waals surface area contributed by atoms with E-state index in [-0.39, 0.29) is 18.5 Å². The van der Waals surface area contributed by atoms with Gasteiger partial charge in [0.1, 0.15) is 11.6 Å². The van der Waals surface area contributed by atoms with Gasteiger partial charge in [-0.2, -0.15) is 4.98 Å². The second-order valence-corrected chi connectivity index (χ2v) is 4.81. The molecule has 6 nitrogen and oxygen atoms in total. The molecule has 0 bridgehead atoms. The lowest BCUT2D eigenvalue weighted by molar-refractivity contribution is -0.118. The number of hydrogen-bond donors (Lipinski definition) is 2. The third kappa shape index (κ3) is 3.81. The molecule has 1 aromatic carbocycles. The van der Waals surface area contributed by atoms with Gasteiger partial charge in [0.25, 0.3) is 5.91 Å². The highest BCUT2D eigenvalue weighted by molar-refractivity contribution is 5.90.